The summed E-state index contributed by atoms with van der Waals surface area (Å²) >= 11 is 0. The van der Waals surface area contributed by atoms with Crippen LogP contribution in [0.1, 0.15) is 25.1 Å². The minimum absolute atomic E-state index is 0.170. The van der Waals surface area contributed by atoms with E-state index in [2.05, 4.69) is 10.2 Å². The van der Waals surface area contributed by atoms with Gasteiger partial charge in [0.05, 0.1) is 24.3 Å². The fourth-order valence-corrected chi connectivity index (χ4v) is 2.71. The number of nitrogens with one attached hydrogen (secondary N) is 1. The van der Waals surface area contributed by atoms with Gasteiger partial charge < -0.3 is 9.47 Å². The molecule has 24 heavy (non-hydrogen) atoms. The summed E-state index contributed by atoms with van der Waals surface area (Å²) in [7, 11) is 0. The fourth-order valence-electron chi connectivity index (χ4n) is 2.71. The van der Waals surface area contributed by atoms with E-state index < -0.39 is 0 Å². The van der Waals surface area contributed by atoms with E-state index in [1.165, 1.54) is 0 Å². The highest BCUT2D eigenvalue weighted by Gasteiger charge is 2.10. The first-order valence-electron chi connectivity index (χ1n) is 8.07. The predicted molar refractivity (Wildman–Crippen MR) is 93.9 cm³/mol. The molecule has 0 aliphatic rings. The molecule has 1 aromatic heterocycles. The van der Waals surface area contributed by atoms with E-state index in [1.54, 1.807) is 0 Å². The summed E-state index contributed by atoms with van der Waals surface area (Å²) in [6, 6.07) is 13.4. The summed E-state index contributed by atoms with van der Waals surface area (Å²) in [5, 5.41) is 8.32. The quantitative estimate of drug-likeness (QED) is 0.755. The molecule has 5 nitrogen and oxygen atoms in total. The number of aromatic nitrogens is 2. The molecule has 0 saturated heterocycles. The molecule has 0 aliphatic carbocycles. The van der Waals surface area contributed by atoms with Crippen molar-refractivity contribution in [1.82, 2.24) is 10.2 Å². The Morgan fingerprint density at radius 2 is 1.67 bits per heavy atom. The van der Waals surface area contributed by atoms with Crippen LogP contribution in [0.5, 0.6) is 11.5 Å². The van der Waals surface area contributed by atoms with E-state index in [0.29, 0.717) is 25.0 Å². The maximum atomic E-state index is 11.9. The highest BCUT2D eigenvalue weighted by Crippen LogP contribution is 2.29. The van der Waals surface area contributed by atoms with Crippen LogP contribution >= 0.6 is 0 Å². The van der Waals surface area contributed by atoms with Gasteiger partial charge >= 0.3 is 0 Å². The van der Waals surface area contributed by atoms with Crippen LogP contribution in [0.2, 0.25) is 0 Å². The van der Waals surface area contributed by atoms with Crippen molar-refractivity contribution in [3.8, 4) is 11.5 Å². The Bertz CT molecular complexity index is 902. The molecule has 0 atom stereocenters. The SMILES string of the molecule is CCOc1ccc(Cc2n[nH]c(=O)c3ccccc23)cc1OCC. The standard InChI is InChI=1S/C19H20N2O3/c1-3-23-17-10-9-13(12-18(17)24-4-2)11-16-14-7-5-6-8-15(14)19(22)21-20-16/h5-10,12H,3-4,11H2,1-2H3,(H,21,22). The highest BCUT2D eigenvalue weighted by atomic mass is 16.5. The van der Waals surface area contributed by atoms with E-state index in [0.717, 1.165) is 28.1 Å². The smallest absolute Gasteiger partial charge is 0.272 e. The topological polar surface area (TPSA) is 64.2 Å². The van der Waals surface area contributed by atoms with Crippen molar-refractivity contribution in [3.05, 3.63) is 64.1 Å². The van der Waals surface area contributed by atoms with Gasteiger partial charge in [-0.3, -0.25) is 4.79 Å². The van der Waals surface area contributed by atoms with Crippen LogP contribution in [0.15, 0.2) is 47.3 Å². The molecule has 124 valence electrons. The lowest BCUT2D eigenvalue weighted by molar-refractivity contribution is 0.287. The molecule has 0 amide bonds. The number of H-pyrrole nitrogens is 1. The Labute approximate surface area is 140 Å². The minimum Gasteiger partial charge on any atom is -0.490 e. The Hall–Kier alpha value is -2.82. The van der Waals surface area contributed by atoms with E-state index in [1.807, 2.05) is 56.3 Å². The third-order valence-electron chi connectivity index (χ3n) is 3.75. The Balaban J connectivity index is 1.98. The molecule has 0 bridgehead atoms. The average molecular weight is 324 g/mol. The Morgan fingerprint density at radius 1 is 0.958 bits per heavy atom. The van der Waals surface area contributed by atoms with Gasteiger partial charge in [-0.05, 0) is 37.6 Å². The first-order valence-corrected chi connectivity index (χ1v) is 8.07. The van der Waals surface area contributed by atoms with E-state index in [4.69, 9.17) is 9.47 Å². The first kappa shape index (κ1) is 16.1. The third kappa shape index (κ3) is 3.25. The lowest BCUT2D eigenvalue weighted by Gasteiger charge is -2.12. The molecular formula is C19H20N2O3. The second-order valence-corrected chi connectivity index (χ2v) is 5.37. The summed E-state index contributed by atoms with van der Waals surface area (Å²) in [6.07, 6.45) is 0.601. The molecule has 0 unspecified atom stereocenters. The summed E-state index contributed by atoms with van der Waals surface area (Å²) < 4.78 is 11.3. The van der Waals surface area contributed by atoms with Crippen LogP contribution in [0.4, 0.5) is 0 Å². The molecule has 0 spiro atoms. The van der Waals surface area contributed by atoms with E-state index >= 15 is 0 Å². The van der Waals surface area contributed by atoms with Crippen molar-refractivity contribution in [3.63, 3.8) is 0 Å². The average Bonchev–Trinajstić information content (AvgIpc) is 2.60. The first-order chi connectivity index (χ1) is 11.7. The van der Waals surface area contributed by atoms with Crippen LogP contribution in [-0.2, 0) is 6.42 Å². The third-order valence-corrected chi connectivity index (χ3v) is 3.75. The number of aromatic amines is 1. The lowest BCUT2D eigenvalue weighted by atomic mass is 10.0. The number of rotatable bonds is 6. The number of nitrogens with zero attached hydrogens (tertiary/aromatic N) is 1. The van der Waals surface area contributed by atoms with Crippen molar-refractivity contribution in [2.45, 2.75) is 20.3 Å². The van der Waals surface area contributed by atoms with E-state index in [9.17, 15) is 4.79 Å². The zero-order valence-corrected chi connectivity index (χ0v) is 13.8. The largest absolute Gasteiger partial charge is 0.490 e. The molecule has 1 heterocycles. The molecule has 3 rings (SSSR count). The molecule has 5 heteroatoms. The number of hydrogen-bond donors (Lipinski definition) is 1. The van der Waals surface area contributed by atoms with E-state index in [-0.39, 0.29) is 5.56 Å². The molecule has 0 aliphatic heterocycles. The molecule has 3 aromatic rings. The second kappa shape index (κ2) is 7.17. The minimum atomic E-state index is -0.170. The molecule has 0 radical (unpaired) electrons. The molecular weight excluding hydrogens is 304 g/mol. The van der Waals surface area contributed by atoms with Crippen molar-refractivity contribution < 1.29 is 9.47 Å². The van der Waals surface area contributed by atoms with Crippen molar-refractivity contribution >= 4 is 10.8 Å². The monoisotopic (exact) mass is 324 g/mol. The highest BCUT2D eigenvalue weighted by molar-refractivity contribution is 5.83. The molecule has 0 saturated carbocycles. The van der Waals surface area contributed by atoms with Gasteiger partial charge in [0.1, 0.15) is 0 Å². The normalized spacial score (nSPS) is 10.8. The second-order valence-electron chi connectivity index (χ2n) is 5.37. The fraction of sp³-hybridized carbons (Fsp3) is 0.263. The van der Waals surface area contributed by atoms with Crippen LogP contribution in [0.25, 0.3) is 10.8 Å². The molecule has 1 N–H and O–H groups in total. The van der Waals surface area contributed by atoms with Gasteiger partial charge in [0.15, 0.2) is 11.5 Å². The van der Waals surface area contributed by atoms with Gasteiger partial charge in [-0.15, -0.1) is 0 Å². The summed E-state index contributed by atoms with van der Waals surface area (Å²) in [5.41, 5.74) is 1.71. The van der Waals surface area contributed by atoms with Gasteiger partial charge in [0.2, 0.25) is 0 Å². The molecule has 2 aromatic carbocycles. The number of ether oxygens (including phenoxy) is 2. The van der Waals surface area contributed by atoms with Crippen LogP contribution in [0, 0.1) is 0 Å². The van der Waals surface area contributed by atoms with Gasteiger partial charge in [-0.2, -0.15) is 5.10 Å². The number of fused-ring (bicyclic) bond motifs is 1. The van der Waals surface area contributed by atoms with Gasteiger partial charge in [0, 0.05) is 11.8 Å². The Morgan fingerprint density at radius 3 is 2.42 bits per heavy atom. The summed E-state index contributed by atoms with van der Waals surface area (Å²) in [5.74, 6) is 1.47. The lowest BCUT2D eigenvalue weighted by Crippen LogP contribution is -2.11. The van der Waals surface area contributed by atoms with Crippen LogP contribution in [-0.4, -0.2) is 23.4 Å². The summed E-state index contributed by atoms with van der Waals surface area (Å²) in [4.78, 5) is 11.9. The van der Waals surface area contributed by atoms with Crippen molar-refractivity contribution in [2.75, 3.05) is 13.2 Å². The Kier molecular flexibility index (Phi) is 4.79. The number of benzene rings is 2. The molecule has 0 fully saturated rings. The maximum absolute atomic E-state index is 11.9. The zero-order chi connectivity index (χ0) is 16.9. The predicted octanol–water partition coefficient (Wildman–Crippen LogP) is 3.31. The van der Waals surface area contributed by atoms with Crippen molar-refractivity contribution in [2.24, 2.45) is 0 Å². The summed E-state index contributed by atoms with van der Waals surface area (Å²) in [6.45, 7) is 5.05. The number of hydrogen-bond acceptors (Lipinski definition) is 4. The van der Waals surface area contributed by atoms with Crippen LogP contribution < -0.4 is 15.0 Å². The van der Waals surface area contributed by atoms with Crippen molar-refractivity contribution in [1.29, 1.82) is 0 Å². The van der Waals surface area contributed by atoms with Gasteiger partial charge in [-0.1, -0.05) is 24.3 Å². The van der Waals surface area contributed by atoms with Crippen LogP contribution in [0.3, 0.4) is 0 Å². The maximum Gasteiger partial charge on any atom is 0.272 e. The zero-order valence-electron chi connectivity index (χ0n) is 13.8. The van der Waals surface area contributed by atoms with Gasteiger partial charge in [0.25, 0.3) is 5.56 Å². The van der Waals surface area contributed by atoms with Gasteiger partial charge in [-0.25, -0.2) is 5.10 Å².